The normalized spacial score (nSPS) is 21.2. The molecular weight excluding hydrogens is 280 g/mol. The summed E-state index contributed by atoms with van der Waals surface area (Å²) in [6, 6.07) is 7.97. The van der Waals surface area contributed by atoms with E-state index in [-0.39, 0.29) is 12.6 Å². The number of aliphatic hydroxyl groups excluding tert-OH is 1. The van der Waals surface area contributed by atoms with E-state index in [2.05, 4.69) is 20.5 Å². The zero-order valence-electron chi connectivity index (χ0n) is 13.2. The summed E-state index contributed by atoms with van der Waals surface area (Å²) in [5.41, 5.74) is 0.442. The fourth-order valence-corrected chi connectivity index (χ4v) is 2.43. The van der Waals surface area contributed by atoms with Crippen LogP contribution in [0.3, 0.4) is 0 Å². The van der Waals surface area contributed by atoms with E-state index in [0.717, 1.165) is 37.1 Å². The van der Waals surface area contributed by atoms with Gasteiger partial charge >= 0.3 is 0 Å². The van der Waals surface area contributed by atoms with Crippen LogP contribution in [0.1, 0.15) is 31.7 Å². The van der Waals surface area contributed by atoms with E-state index in [1.165, 1.54) is 6.34 Å². The van der Waals surface area contributed by atoms with E-state index in [4.69, 9.17) is 9.84 Å². The van der Waals surface area contributed by atoms with Crippen molar-refractivity contribution in [1.29, 1.82) is 0 Å². The molecule has 1 aromatic rings. The Bertz CT molecular complexity index is 501. The van der Waals surface area contributed by atoms with Gasteiger partial charge in [-0.15, -0.1) is 5.11 Å². The molecule has 2 unspecified atom stereocenters. The van der Waals surface area contributed by atoms with Gasteiger partial charge in [0.1, 0.15) is 12.1 Å². The number of aliphatic imine (C=N–C) groups is 1. The topological polar surface area (TPSA) is 78.6 Å². The van der Waals surface area contributed by atoms with Crippen LogP contribution in [-0.4, -0.2) is 37.7 Å². The fourth-order valence-electron chi connectivity index (χ4n) is 2.43. The first kappa shape index (κ1) is 16.6. The first-order chi connectivity index (χ1) is 10.7. The lowest BCUT2D eigenvalue weighted by Gasteiger charge is -2.22. The first-order valence-electron chi connectivity index (χ1n) is 7.64. The van der Waals surface area contributed by atoms with Crippen molar-refractivity contribution in [3.63, 3.8) is 0 Å². The lowest BCUT2D eigenvalue weighted by molar-refractivity contribution is 0.250. The average Bonchev–Trinajstić information content (AvgIpc) is 3.04. The number of methoxy groups -OCH3 is 1. The smallest absolute Gasteiger partial charge is 0.198 e. The van der Waals surface area contributed by atoms with E-state index in [0.29, 0.717) is 0 Å². The second-order valence-corrected chi connectivity index (χ2v) is 5.50. The third-order valence-electron chi connectivity index (χ3n) is 3.82. The number of hydrogen-bond donors (Lipinski definition) is 2. The minimum Gasteiger partial charge on any atom is -0.497 e. The highest BCUT2D eigenvalue weighted by molar-refractivity contribution is 5.58. The van der Waals surface area contributed by atoms with Gasteiger partial charge in [0.15, 0.2) is 5.66 Å². The van der Waals surface area contributed by atoms with Crippen molar-refractivity contribution in [3.8, 4) is 5.75 Å². The molecule has 2 N–H and O–H groups in total. The molecule has 1 aliphatic rings. The quantitative estimate of drug-likeness (QED) is 0.688. The molecule has 22 heavy (non-hydrogen) atoms. The van der Waals surface area contributed by atoms with Crippen LogP contribution in [0.15, 0.2) is 39.5 Å². The maximum absolute atomic E-state index is 8.98. The first-order valence-corrected chi connectivity index (χ1v) is 7.64. The van der Waals surface area contributed by atoms with E-state index in [1.54, 1.807) is 7.11 Å². The molecule has 0 saturated heterocycles. The lowest BCUT2D eigenvalue weighted by atomic mass is 9.94. The number of nitrogens with zero attached hydrogens (tertiary/aromatic N) is 3. The predicted octanol–water partition coefficient (Wildman–Crippen LogP) is 2.48. The summed E-state index contributed by atoms with van der Waals surface area (Å²) < 4.78 is 5.19. The Balaban J connectivity index is 1.91. The number of aliphatic hydroxyl groups is 1. The Morgan fingerprint density at radius 3 is 2.64 bits per heavy atom. The van der Waals surface area contributed by atoms with Gasteiger partial charge in [0.2, 0.25) is 0 Å². The van der Waals surface area contributed by atoms with Crippen molar-refractivity contribution in [2.45, 2.75) is 37.9 Å². The van der Waals surface area contributed by atoms with Crippen LogP contribution in [0.25, 0.3) is 0 Å². The molecule has 0 spiro atoms. The van der Waals surface area contributed by atoms with Crippen molar-refractivity contribution in [1.82, 2.24) is 5.32 Å². The van der Waals surface area contributed by atoms with E-state index in [9.17, 15) is 0 Å². The molecule has 6 heteroatoms. The summed E-state index contributed by atoms with van der Waals surface area (Å²) in [5.74, 6) is 0.819. The molecule has 120 valence electrons. The molecule has 0 aromatic heterocycles. The van der Waals surface area contributed by atoms with Gasteiger partial charge in [-0.1, -0.05) is 12.1 Å². The van der Waals surface area contributed by atoms with Gasteiger partial charge in [-0.2, -0.15) is 5.11 Å². The zero-order valence-corrected chi connectivity index (χ0v) is 13.2. The van der Waals surface area contributed by atoms with Crippen molar-refractivity contribution >= 4 is 6.34 Å². The average molecular weight is 304 g/mol. The maximum Gasteiger partial charge on any atom is 0.198 e. The third-order valence-corrected chi connectivity index (χ3v) is 3.82. The number of hydrogen-bond acceptors (Lipinski definition) is 6. The molecular formula is C16H24N4O2. The van der Waals surface area contributed by atoms with Gasteiger partial charge in [0.25, 0.3) is 0 Å². The molecule has 1 aromatic carbocycles. The van der Waals surface area contributed by atoms with E-state index < -0.39 is 5.66 Å². The summed E-state index contributed by atoms with van der Waals surface area (Å²) in [5, 5.41) is 20.5. The summed E-state index contributed by atoms with van der Waals surface area (Å²) >= 11 is 0. The SMILES string of the molecule is COc1ccc(C2(CCCCNC(C)CO)N=CN=N2)cc1. The van der Waals surface area contributed by atoms with Crippen molar-refractivity contribution in [2.24, 2.45) is 15.2 Å². The van der Waals surface area contributed by atoms with E-state index in [1.807, 2.05) is 31.2 Å². The largest absolute Gasteiger partial charge is 0.497 e. The molecule has 2 rings (SSSR count). The number of benzene rings is 1. The number of ether oxygens (including phenoxy) is 1. The number of unbranched alkanes of at least 4 members (excludes halogenated alkanes) is 1. The minimum absolute atomic E-state index is 0.139. The molecule has 0 fully saturated rings. The highest BCUT2D eigenvalue weighted by atomic mass is 16.5. The van der Waals surface area contributed by atoms with Gasteiger partial charge < -0.3 is 15.2 Å². The van der Waals surface area contributed by atoms with Crippen LogP contribution in [-0.2, 0) is 5.66 Å². The second kappa shape index (κ2) is 8.00. The molecule has 0 aliphatic carbocycles. The number of rotatable bonds is 9. The molecule has 0 amide bonds. The van der Waals surface area contributed by atoms with Crippen molar-refractivity contribution in [2.75, 3.05) is 20.3 Å². The highest BCUT2D eigenvalue weighted by Gasteiger charge is 2.32. The molecule has 1 aliphatic heterocycles. The van der Waals surface area contributed by atoms with Gasteiger partial charge in [0, 0.05) is 11.6 Å². The Morgan fingerprint density at radius 2 is 2.05 bits per heavy atom. The van der Waals surface area contributed by atoms with Crippen molar-refractivity contribution < 1.29 is 9.84 Å². The Morgan fingerprint density at radius 1 is 1.27 bits per heavy atom. The van der Waals surface area contributed by atoms with Gasteiger partial charge in [-0.3, -0.25) is 0 Å². The molecule has 0 radical (unpaired) electrons. The molecule has 2 atom stereocenters. The summed E-state index contributed by atoms with van der Waals surface area (Å²) in [6.45, 7) is 3.00. The Labute approximate surface area is 131 Å². The lowest BCUT2D eigenvalue weighted by Crippen LogP contribution is -2.30. The fraction of sp³-hybridized carbons (Fsp3) is 0.562. The van der Waals surface area contributed by atoms with Gasteiger partial charge in [-0.05, 0) is 44.9 Å². The Hall–Kier alpha value is -1.79. The molecule has 6 nitrogen and oxygen atoms in total. The summed E-state index contributed by atoms with van der Waals surface area (Å²) in [7, 11) is 1.65. The van der Waals surface area contributed by atoms with E-state index >= 15 is 0 Å². The zero-order chi connectivity index (χ0) is 15.8. The van der Waals surface area contributed by atoms with Gasteiger partial charge in [-0.25, -0.2) is 4.99 Å². The number of azo groups is 1. The second-order valence-electron chi connectivity index (χ2n) is 5.50. The van der Waals surface area contributed by atoms with Gasteiger partial charge in [0.05, 0.1) is 13.7 Å². The molecule has 0 bridgehead atoms. The van der Waals surface area contributed by atoms with Crippen molar-refractivity contribution in [3.05, 3.63) is 29.8 Å². The molecule has 0 saturated carbocycles. The highest BCUT2D eigenvalue weighted by Crippen LogP contribution is 2.36. The van der Waals surface area contributed by atoms with Crippen LogP contribution in [0.2, 0.25) is 0 Å². The summed E-state index contributed by atoms with van der Waals surface area (Å²) in [6.07, 6.45) is 4.33. The van der Waals surface area contributed by atoms with Crippen LogP contribution in [0, 0.1) is 0 Å². The monoisotopic (exact) mass is 304 g/mol. The third kappa shape index (κ3) is 4.11. The summed E-state index contributed by atoms with van der Waals surface area (Å²) in [4.78, 5) is 4.48. The standard InChI is InChI=1S/C16H24N4O2/c1-13(11-21)17-10-4-3-9-16(18-12-19-20-16)14-5-7-15(22-2)8-6-14/h5-8,12-13,17,21H,3-4,9-11H2,1-2H3. The van der Waals surface area contributed by atoms with Crippen LogP contribution in [0.5, 0.6) is 5.75 Å². The van der Waals surface area contributed by atoms with Crippen LogP contribution < -0.4 is 10.1 Å². The minimum atomic E-state index is -0.588. The molecule has 1 heterocycles. The maximum atomic E-state index is 8.98. The van der Waals surface area contributed by atoms with Crippen LogP contribution >= 0.6 is 0 Å². The van der Waals surface area contributed by atoms with Crippen LogP contribution in [0.4, 0.5) is 0 Å². The number of nitrogens with one attached hydrogen (secondary N) is 1. The Kier molecular flexibility index (Phi) is 6.03. The predicted molar refractivity (Wildman–Crippen MR) is 86.4 cm³/mol.